The van der Waals surface area contributed by atoms with E-state index in [1.807, 2.05) is 0 Å². The maximum absolute atomic E-state index is 12.0. The van der Waals surface area contributed by atoms with E-state index >= 15 is 0 Å². The number of ether oxygens (including phenoxy) is 1. The minimum absolute atomic E-state index is 0.130. The van der Waals surface area contributed by atoms with Crippen LogP contribution in [0.5, 0.6) is 0 Å². The molecule has 22 heavy (non-hydrogen) atoms. The topological polar surface area (TPSA) is 87.7 Å². The third-order valence-corrected chi connectivity index (χ3v) is 4.17. The van der Waals surface area contributed by atoms with E-state index in [9.17, 15) is 22.8 Å². The van der Waals surface area contributed by atoms with Crippen molar-refractivity contribution in [2.24, 2.45) is 5.92 Å². The van der Waals surface area contributed by atoms with Crippen LogP contribution in [0, 0.1) is 5.92 Å². The van der Waals surface area contributed by atoms with E-state index in [0.29, 0.717) is 25.7 Å². The van der Waals surface area contributed by atoms with Crippen molar-refractivity contribution in [1.82, 2.24) is 10.6 Å². The Morgan fingerprint density at radius 2 is 1.59 bits per heavy atom. The number of nitrogens with one attached hydrogen (secondary N) is 2. The van der Waals surface area contributed by atoms with Gasteiger partial charge in [0.25, 0.3) is 0 Å². The second-order valence-electron chi connectivity index (χ2n) is 5.86. The van der Waals surface area contributed by atoms with E-state index in [1.54, 1.807) is 0 Å². The number of hydrogen-bond acceptors (Lipinski definition) is 3. The lowest BCUT2D eigenvalue weighted by Crippen LogP contribution is -2.51. The molecule has 0 atom stereocenters. The molecule has 2 rings (SSSR count). The molecule has 9 heteroatoms. The van der Waals surface area contributed by atoms with Gasteiger partial charge in [-0.05, 0) is 38.5 Å². The predicted octanol–water partition coefficient (Wildman–Crippen LogP) is 2.00. The molecule has 0 unspecified atom stereocenters. The average molecular weight is 324 g/mol. The van der Waals surface area contributed by atoms with Crippen LogP contribution in [0.2, 0.25) is 0 Å². The minimum atomic E-state index is -4.63. The Morgan fingerprint density at radius 1 is 1.00 bits per heavy atom. The van der Waals surface area contributed by atoms with Crippen LogP contribution < -0.4 is 10.6 Å². The highest BCUT2D eigenvalue weighted by Crippen LogP contribution is 2.31. The van der Waals surface area contributed by atoms with Crippen molar-refractivity contribution in [1.29, 1.82) is 0 Å². The zero-order valence-corrected chi connectivity index (χ0v) is 11.9. The van der Waals surface area contributed by atoms with Crippen LogP contribution in [0.3, 0.4) is 0 Å². The summed E-state index contributed by atoms with van der Waals surface area (Å²) in [5, 5.41) is 13.8. The smallest absolute Gasteiger partial charge is 0.465 e. The van der Waals surface area contributed by atoms with Crippen LogP contribution in [0.4, 0.5) is 18.0 Å². The van der Waals surface area contributed by atoms with E-state index in [1.165, 1.54) is 0 Å². The second kappa shape index (κ2) is 6.72. The summed E-state index contributed by atoms with van der Waals surface area (Å²) in [7, 11) is 0. The summed E-state index contributed by atoms with van der Waals surface area (Å²) in [6.07, 6.45) is -3.90. The molecule has 0 saturated heterocycles. The summed E-state index contributed by atoms with van der Waals surface area (Å²) in [5.41, 5.74) is 0. The number of carbonyl (C=O) groups is 2. The molecule has 2 aliphatic rings. The van der Waals surface area contributed by atoms with Gasteiger partial charge in [-0.3, -0.25) is 9.53 Å². The summed E-state index contributed by atoms with van der Waals surface area (Å²) in [4.78, 5) is 22.5. The molecule has 0 heterocycles. The van der Waals surface area contributed by atoms with E-state index < -0.39 is 18.6 Å². The summed E-state index contributed by atoms with van der Waals surface area (Å²) in [6, 6.07) is -0.399. The quantitative estimate of drug-likeness (QED) is 0.738. The lowest BCUT2D eigenvalue weighted by atomic mass is 9.84. The van der Waals surface area contributed by atoms with Crippen molar-refractivity contribution in [3.05, 3.63) is 0 Å². The van der Waals surface area contributed by atoms with E-state index in [4.69, 9.17) is 5.11 Å². The molecule has 0 bridgehead atoms. The Hall–Kier alpha value is -1.51. The molecule has 3 N–H and O–H groups in total. The van der Waals surface area contributed by atoms with Gasteiger partial charge >= 0.3 is 12.5 Å². The third kappa shape index (κ3) is 5.04. The van der Waals surface area contributed by atoms with Crippen molar-refractivity contribution in [2.75, 3.05) is 0 Å². The molecular weight excluding hydrogens is 305 g/mol. The number of amides is 2. The number of carboxylic acid groups (broad SMARTS) is 1. The lowest BCUT2D eigenvalue weighted by molar-refractivity contribution is -0.351. The molecule has 2 aliphatic carbocycles. The monoisotopic (exact) mass is 324 g/mol. The first kappa shape index (κ1) is 16.9. The van der Waals surface area contributed by atoms with E-state index in [0.717, 1.165) is 0 Å². The Bertz CT molecular complexity index is 416. The van der Waals surface area contributed by atoms with Crippen molar-refractivity contribution >= 4 is 12.0 Å². The molecule has 0 aromatic rings. The highest BCUT2D eigenvalue weighted by atomic mass is 19.4. The molecule has 6 nitrogen and oxygen atoms in total. The highest BCUT2D eigenvalue weighted by molar-refractivity contribution is 5.79. The first-order valence-electron chi connectivity index (χ1n) is 7.27. The summed E-state index contributed by atoms with van der Waals surface area (Å²) < 4.78 is 39.8. The zero-order valence-electron chi connectivity index (χ0n) is 11.9. The molecule has 126 valence electrons. The maximum Gasteiger partial charge on any atom is 0.522 e. The van der Waals surface area contributed by atoms with Crippen LogP contribution in [0.25, 0.3) is 0 Å². The van der Waals surface area contributed by atoms with Crippen molar-refractivity contribution < 1.29 is 32.6 Å². The van der Waals surface area contributed by atoms with E-state index in [2.05, 4.69) is 15.4 Å². The van der Waals surface area contributed by atoms with Crippen LogP contribution in [-0.4, -0.2) is 41.7 Å². The van der Waals surface area contributed by atoms with Crippen molar-refractivity contribution in [3.8, 4) is 0 Å². The Labute approximate surface area is 125 Å². The van der Waals surface area contributed by atoms with Gasteiger partial charge in [0, 0.05) is 18.0 Å². The fourth-order valence-corrected chi connectivity index (χ4v) is 2.96. The molecule has 0 aromatic heterocycles. The largest absolute Gasteiger partial charge is 0.522 e. The standard InChI is InChI=1S/C13H19F3N2O4/c14-13(15,16)22-10-5-9(6-10)17-11(19)7-1-3-8(4-2-7)18-12(20)21/h7-10,18H,1-6H2,(H,17,19)(H,20,21). The fraction of sp³-hybridized carbons (Fsp3) is 0.846. The molecule has 0 aliphatic heterocycles. The van der Waals surface area contributed by atoms with Gasteiger partial charge in [0.2, 0.25) is 5.91 Å². The Morgan fingerprint density at radius 3 is 2.09 bits per heavy atom. The molecular formula is C13H19F3N2O4. The van der Waals surface area contributed by atoms with Gasteiger partial charge in [-0.1, -0.05) is 0 Å². The van der Waals surface area contributed by atoms with Crippen LogP contribution in [0.1, 0.15) is 38.5 Å². The SMILES string of the molecule is O=C(O)NC1CCC(C(=O)NC2CC(OC(F)(F)F)C2)CC1. The summed E-state index contributed by atoms with van der Waals surface area (Å²) in [6.45, 7) is 0. The van der Waals surface area contributed by atoms with E-state index in [-0.39, 0.29) is 36.8 Å². The Balaban J connectivity index is 1.64. The lowest BCUT2D eigenvalue weighted by Gasteiger charge is -2.37. The van der Waals surface area contributed by atoms with Crippen LogP contribution in [-0.2, 0) is 9.53 Å². The molecule has 2 fully saturated rings. The van der Waals surface area contributed by atoms with Gasteiger partial charge in [0.1, 0.15) is 0 Å². The molecule has 0 aromatic carbocycles. The molecule has 2 saturated carbocycles. The van der Waals surface area contributed by atoms with Crippen molar-refractivity contribution in [3.63, 3.8) is 0 Å². The van der Waals surface area contributed by atoms with Crippen molar-refractivity contribution in [2.45, 2.75) is 63.1 Å². The zero-order chi connectivity index (χ0) is 16.3. The number of carbonyl (C=O) groups excluding carboxylic acids is 1. The number of alkyl halides is 3. The fourth-order valence-electron chi connectivity index (χ4n) is 2.96. The van der Waals surface area contributed by atoms with Gasteiger partial charge in [0.15, 0.2) is 0 Å². The highest BCUT2D eigenvalue weighted by Gasteiger charge is 2.41. The number of halogens is 3. The maximum atomic E-state index is 12.0. The average Bonchev–Trinajstić information content (AvgIpc) is 2.34. The minimum Gasteiger partial charge on any atom is -0.465 e. The number of hydrogen-bond donors (Lipinski definition) is 3. The molecule has 2 amide bonds. The van der Waals surface area contributed by atoms with Crippen LogP contribution in [0.15, 0.2) is 0 Å². The normalized spacial score (nSPS) is 32.0. The molecule has 0 spiro atoms. The first-order valence-corrected chi connectivity index (χ1v) is 7.27. The Kier molecular flexibility index (Phi) is 5.15. The van der Waals surface area contributed by atoms with Gasteiger partial charge in [-0.15, -0.1) is 13.2 Å². The number of rotatable bonds is 4. The summed E-state index contributed by atoms with van der Waals surface area (Å²) >= 11 is 0. The second-order valence-corrected chi connectivity index (χ2v) is 5.86. The third-order valence-electron chi connectivity index (χ3n) is 4.17. The van der Waals surface area contributed by atoms with Gasteiger partial charge in [-0.25, -0.2) is 4.79 Å². The predicted molar refractivity (Wildman–Crippen MR) is 69.0 cm³/mol. The molecule has 0 radical (unpaired) electrons. The summed E-state index contributed by atoms with van der Waals surface area (Å²) in [5.74, 6) is -0.362. The van der Waals surface area contributed by atoms with Gasteiger partial charge in [0.05, 0.1) is 6.10 Å². The first-order chi connectivity index (χ1) is 10.2. The van der Waals surface area contributed by atoms with Gasteiger partial charge in [-0.2, -0.15) is 0 Å². The van der Waals surface area contributed by atoms with Crippen LogP contribution >= 0.6 is 0 Å². The van der Waals surface area contributed by atoms with Gasteiger partial charge < -0.3 is 15.7 Å².